The number of rotatable bonds is 9. The van der Waals surface area contributed by atoms with Gasteiger partial charge in [-0.05, 0) is 49.2 Å². The van der Waals surface area contributed by atoms with Gasteiger partial charge in [-0.15, -0.1) is 0 Å². The van der Waals surface area contributed by atoms with Crippen molar-refractivity contribution in [2.24, 2.45) is 0 Å². The maximum atomic E-state index is 12.7. The molecule has 1 aliphatic rings. The van der Waals surface area contributed by atoms with Crippen LogP contribution in [0.25, 0.3) is 11.0 Å². The number of fused-ring (bicyclic) bond motifs is 1. The van der Waals surface area contributed by atoms with Gasteiger partial charge in [0, 0.05) is 58.7 Å². The number of benzene rings is 2. The Labute approximate surface area is 205 Å². The highest BCUT2D eigenvalue weighted by atomic mass is 32.2. The molecule has 9 nitrogen and oxygen atoms in total. The highest BCUT2D eigenvalue weighted by Gasteiger charge is 2.21. The van der Waals surface area contributed by atoms with E-state index in [4.69, 9.17) is 0 Å². The molecular weight excluding hydrogens is 466 g/mol. The predicted molar refractivity (Wildman–Crippen MR) is 134 cm³/mol. The Balaban J connectivity index is 1.44. The van der Waals surface area contributed by atoms with Crippen LogP contribution in [-0.2, 0) is 39.1 Å². The molecule has 1 aliphatic heterocycles. The van der Waals surface area contributed by atoms with Crippen molar-refractivity contribution in [1.82, 2.24) is 18.8 Å². The number of hydrogen-bond donors (Lipinski definition) is 1. The molecule has 0 saturated carbocycles. The molecule has 1 fully saturated rings. The van der Waals surface area contributed by atoms with Crippen molar-refractivity contribution >= 4 is 38.6 Å². The SMILES string of the molecule is CCn1c(CCC(=O)Nc2cccc(CN3CCCC3=O)c2)nc2cc(S(=O)(=O)N(C)C)ccc21. The van der Waals surface area contributed by atoms with Gasteiger partial charge in [0.25, 0.3) is 0 Å². The Morgan fingerprint density at radius 1 is 1.17 bits per heavy atom. The van der Waals surface area contributed by atoms with Gasteiger partial charge in [0.05, 0.1) is 15.9 Å². The standard InChI is InChI=1S/C25H31N5O4S/c1-4-30-22-11-10-20(35(33,34)28(2)3)16-21(22)27-23(30)12-13-24(31)26-19-8-5-7-18(15-19)17-29-14-6-9-25(29)32/h5,7-8,10-11,15-16H,4,6,9,12-14,17H2,1-3H3,(H,26,31). The molecule has 0 atom stereocenters. The Bertz CT molecular complexity index is 1360. The van der Waals surface area contributed by atoms with Gasteiger partial charge >= 0.3 is 0 Å². The lowest BCUT2D eigenvalue weighted by molar-refractivity contribution is -0.128. The van der Waals surface area contributed by atoms with Crippen LogP contribution in [0, 0.1) is 0 Å². The van der Waals surface area contributed by atoms with Crippen LogP contribution in [0.15, 0.2) is 47.4 Å². The number of amides is 2. The Morgan fingerprint density at radius 2 is 1.97 bits per heavy atom. The van der Waals surface area contributed by atoms with Gasteiger partial charge in [0.1, 0.15) is 5.82 Å². The predicted octanol–water partition coefficient (Wildman–Crippen LogP) is 3.00. The summed E-state index contributed by atoms with van der Waals surface area (Å²) in [5.41, 5.74) is 3.11. The lowest BCUT2D eigenvalue weighted by atomic mass is 10.2. The van der Waals surface area contributed by atoms with E-state index in [1.54, 1.807) is 18.2 Å². The number of nitrogens with one attached hydrogen (secondary N) is 1. The first-order valence-corrected chi connectivity index (χ1v) is 13.2. The number of anilines is 1. The third-order valence-corrected chi connectivity index (χ3v) is 8.04. The molecule has 186 valence electrons. The van der Waals surface area contributed by atoms with Crippen molar-refractivity contribution in [3.05, 3.63) is 53.9 Å². The number of aryl methyl sites for hydroxylation is 2. The third kappa shape index (κ3) is 5.38. The molecule has 10 heteroatoms. The molecule has 1 N–H and O–H groups in total. The highest BCUT2D eigenvalue weighted by molar-refractivity contribution is 7.89. The number of aromatic nitrogens is 2. The van der Waals surface area contributed by atoms with Gasteiger partial charge in [-0.3, -0.25) is 9.59 Å². The van der Waals surface area contributed by atoms with E-state index < -0.39 is 10.0 Å². The van der Waals surface area contributed by atoms with E-state index in [9.17, 15) is 18.0 Å². The molecule has 0 radical (unpaired) electrons. The van der Waals surface area contributed by atoms with Gasteiger partial charge in [-0.1, -0.05) is 12.1 Å². The molecule has 4 rings (SSSR count). The average Bonchev–Trinajstić information content (AvgIpc) is 3.39. The molecule has 2 amide bonds. The summed E-state index contributed by atoms with van der Waals surface area (Å²) in [5, 5.41) is 2.94. The highest BCUT2D eigenvalue weighted by Crippen LogP contribution is 2.23. The number of carbonyl (C=O) groups excluding carboxylic acids is 2. The van der Waals surface area contributed by atoms with E-state index in [1.807, 2.05) is 40.7 Å². The molecule has 2 aromatic carbocycles. The van der Waals surface area contributed by atoms with E-state index in [0.29, 0.717) is 37.1 Å². The summed E-state index contributed by atoms with van der Waals surface area (Å²) in [6, 6.07) is 12.5. The van der Waals surface area contributed by atoms with Crippen molar-refractivity contribution in [3.63, 3.8) is 0 Å². The van der Waals surface area contributed by atoms with Crippen LogP contribution in [-0.4, -0.2) is 59.6 Å². The van der Waals surface area contributed by atoms with Crippen molar-refractivity contribution < 1.29 is 18.0 Å². The number of sulfonamides is 1. The molecule has 0 bridgehead atoms. The van der Waals surface area contributed by atoms with E-state index in [0.717, 1.165) is 29.9 Å². The minimum absolute atomic E-state index is 0.134. The van der Waals surface area contributed by atoms with E-state index in [-0.39, 0.29) is 23.1 Å². The normalized spacial score (nSPS) is 14.3. The lowest BCUT2D eigenvalue weighted by Gasteiger charge is -2.16. The lowest BCUT2D eigenvalue weighted by Crippen LogP contribution is -2.23. The summed E-state index contributed by atoms with van der Waals surface area (Å²) < 4.78 is 28.1. The van der Waals surface area contributed by atoms with Crippen molar-refractivity contribution in [2.75, 3.05) is 26.0 Å². The zero-order chi connectivity index (χ0) is 25.2. The number of likely N-dealkylation sites (tertiary alicyclic amines) is 1. The first-order valence-electron chi connectivity index (χ1n) is 11.8. The van der Waals surface area contributed by atoms with Crippen LogP contribution in [0.5, 0.6) is 0 Å². The zero-order valence-electron chi connectivity index (χ0n) is 20.3. The van der Waals surface area contributed by atoms with Gasteiger partial charge in [-0.2, -0.15) is 0 Å². The second kappa shape index (κ2) is 10.2. The summed E-state index contributed by atoms with van der Waals surface area (Å²) in [7, 11) is -0.563. The van der Waals surface area contributed by atoms with Gasteiger partial charge in [-0.25, -0.2) is 17.7 Å². The molecule has 0 spiro atoms. The fourth-order valence-corrected chi connectivity index (χ4v) is 5.28. The minimum Gasteiger partial charge on any atom is -0.338 e. The maximum absolute atomic E-state index is 12.7. The van der Waals surface area contributed by atoms with Crippen LogP contribution < -0.4 is 5.32 Å². The number of imidazole rings is 1. The largest absolute Gasteiger partial charge is 0.338 e. The molecule has 2 heterocycles. The smallest absolute Gasteiger partial charge is 0.242 e. The monoisotopic (exact) mass is 497 g/mol. The first kappa shape index (κ1) is 24.9. The summed E-state index contributed by atoms with van der Waals surface area (Å²) in [6.45, 7) is 3.97. The van der Waals surface area contributed by atoms with Crippen molar-refractivity contribution in [3.8, 4) is 0 Å². The minimum atomic E-state index is -3.56. The van der Waals surface area contributed by atoms with Gasteiger partial charge in [0.2, 0.25) is 21.8 Å². The van der Waals surface area contributed by atoms with Crippen LogP contribution in [0.3, 0.4) is 0 Å². The number of carbonyl (C=O) groups is 2. The Hall–Kier alpha value is -3.24. The van der Waals surface area contributed by atoms with Crippen LogP contribution in [0.4, 0.5) is 5.69 Å². The summed E-state index contributed by atoms with van der Waals surface area (Å²) in [5.74, 6) is 0.771. The maximum Gasteiger partial charge on any atom is 0.242 e. The molecule has 0 unspecified atom stereocenters. The molecule has 1 saturated heterocycles. The van der Waals surface area contributed by atoms with Crippen molar-refractivity contribution in [1.29, 1.82) is 0 Å². The topological polar surface area (TPSA) is 105 Å². The summed E-state index contributed by atoms with van der Waals surface area (Å²) in [4.78, 5) is 31.2. The number of hydrogen-bond acceptors (Lipinski definition) is 5. The van der Waals surface area contributed by atoms with Crippen LogP contribution in [0.2, 0.25) is 0 Å². The molecule has 35 heavy (non-hydrogen) atoms. The summed E-state index contributed by atoms with van der Waals surface area (Å²) in [6.07, 6.45) is 2.16. The first-order chi connectivity index (χ1) is 16.7. The second-order valence-electron chi connectivity index (χ2n) is 8.88. The molecule has 1 aromatic heterocycles. The fraction of sp³-hybridized carbons (Fsp3) is 0.400. The van der Waals surface area contributed by atoms with Gasteiger partial charge < -0.3 is 14.8 Å². The quantitative estimate of drug-likeness (QED) is 0.489. The third-order valence-electron chi connectivity index (χ3n) is 6.22. The van der Waals surface area contributed by atoms with Crippen LogP contribution in [0.1, 0.15) is 37.6 Å². The zero-order valence-corrected chi connectivity index (χ0v) is 21.1. The van der Waals surface area contributed by atoms with Gasteiger partial charge in [0.15, 0.2) is 0 Å². The second-order valence-corrected chi connectivity index (χ2v) is 11.0. The molecule has 3 aromatic rings. The summed E-state index contributed by atoms with van der Waals surface area (Å²) >= 11 is 0. The number of nitrogens with zero attached hydrogens (tertiary/aromatic N) is 4. The van der Waals surface area contributed by atoms with E-state index in [2.05, 4.69) is 10.3 Å². The average molecular weight is 498 g/mol. The molecule has 0 aliphatic carbocycles. The van der Waals surface area contributed by atoms with E-state index >= 15 is 0 Å². The molecular formula is C25H31N5O4S. The van der Waals surface area contributed by atoms with E-state index in [1.165, 1.54) is 18.4 Å². The Morgan fingerprint density at radius 3 is 2.66 bits per heavy atom. The van der Waals surface area contributed by atoms with Crippen molar-refractivity contribution in [2.45, 2.75) is 50.6 Å². The Kier molecular flexibility index (Phi) is 7.23. The fourth-order valence-electron chi connectivity index (χ4n) is 4.36. The van der Waals surface area contributed by atoms with Crippen LogP contribution >= 0.6 is 0 Å².